The minimum atomic E-state index is -4.11. The van der Waals surface area contributed by atoms with Crippen molar-refractivity contribution < 1.29 is 17.9 Å². The number of amides is 1. The number of sulfone groups is 1. The Labute approximate surface area is 191 Å². The van der Waals surface area contributed by atoms with Gasteiger partial charge in [-0.1, -0.05) is 35.9 Å². The van der Waals surface area contributed by atoms with Crippen molar-refractivity contribution in [3.05, 3.63) is 94.8 Å². The predicted octanol–water partition coefficient (Wildman–Crippen LogP) is 3.79. The van der Waals surface area contributed by atoms with Crippen LogP contribution >= 0.6 is 0 Å². The molecule has 0 aliphatic carbocycles. The monoisotopic (exact) mass is 462 g/mol. The van der Waals surface area contributed by atoms with E-state index in [4.69, 9.17) is 4.74 Å². The largest absolute Gasteiger partial charge is 0.497 e. The van der Waals surface area contributed by atoms with E-state index in [2.05, 4.69) is 5.32 Å². The molecule has 0 fully saturated rings. The Bertz CT molecular complexity index is 1490. The van der Waals surface area contributed by atoms with Gasteiger partial charge in [0.15, 0.2) is 0 Å². The standard InChI is InChI=1S/C25H22N2O5S/c1-17-8-10-18(11-9-17)26-24(28)16-27-15-23(33(30,31)20-6-4-3-5-7-20)25(29)21-14-19(32-2)12-13-22(21)27/h3-15H,16H2,1-2H3,(H,26,28). The Morgan fingerprint density at radius 2 is 1.70 bits per heavy atom. The number of nitrogens with one attached hydrogen (secondary N) is 1. The number of rotatable bonds is 6. The van der Waals surface area contributed by atoms with Crippen LogP contribution in [0.25, 0.3) is 10.9 Å². The first-order chi connectivity index (χ1) is 15.8. The molecule has 7 nitrogen and oxygen atoms in total. The summed E-state index contributed by atoms with van der Waals surface area (Å²) in [5.74, 6) is 0.0483. The zero-order chi connectivity index (χ0) is 23.6. The van der Waals surface area contributed by atoms with E-state index < -0.39 is 20.2 Å². The third-order valence-corrected chi connectivity index (χ3v) is 7.01. The van der Waals surface area contributed by atoms with Crippen molar-refractivity contribution in [2.75, 3.05) is 12.4 Å². The summed E-state index contributed by atoms with van der Waals surface area (Å²) >= 11 is 0. The van der Waals surface area contributed by atoms with Crippen LogP contribution in [-0.4, -0.2) is 26.0 Å². The van der Waals surface area contributed by atoms with Gasteiger partial charge in [0, 0.05) is 11.9 Å². The van der Waals surface area contributed by atoms with E-state index in [0.29, 0.717) is 17.0 Å². The number of hydrogen-bond acceptors (Lipinski definition) is 5. The van der Waals surface area contributed by atoms with Gasteiger partial charge in [0.1, 0.15) is 17.2 Å². The number of carbonyl (C=O) groups excluding carboxylic acids is 1. The normalized spacial score (nSPS) is 11.3. The Balaban J connectivity index is 1.83. The average Bonchev–Trinajstić information content (AvgIpc) is 2.82. The lowest BCUT2D eigenvalue weighted by atomic mass is 10.2. The molecule has 1 heterocycles. The Hall–Kier alpha value is -3.91. The number of nitrogens with zero attached hydrogens (tertiary/aromatic N) is 1. The first-order valence-electron chi connectivity index (χ1n) is 10.2. The molecule has 0 spiro atoms. The molecule has 4 aromatic rings. The first kappa shape index (κ1) is 22.3. The number of pyridine rings is 1. The highest BCUT2D eigenvalue weighted by Crippen LogP contribution is 2.24. The Morgan fingerprint density at radius 3 is 2.36 bits per heavy atom. The Kier molecular flexibility index (Phi) is 6.02. The summed E-state index contributed by atoms with van der Waals surface area (Å²) in [7, 11) is -2.65. The molecular formula is C25H22N2O5S. The maximum Gasteiger partial charge on any atom is 0.244 e. The molecule has 0 radical (unpaired) electrons. The number of anilines is 1. The molecule has 1 amide bonds. The van der Waals surface area contributed by atoms with Crippen molar-refractivity contribution in [2.24, 2.45) is 0 Å². The fraction of sp³-hybridized carbons (Fsp3) is 0.120. The van der Waals surface area contributed by atoms with Crippen LogP contribution in [0.5, 0.6) is 5.75 Å². The third kappa shape index (κ3) is 4.51. The quantitative estimate of drug-likeness (QED) is 0.471. The zero-order valence-electron chi connectivity index (χ0n) is 18.1. The lowest BCUT2D eigenvalue weighted by molar-refractivity contribution is -0.116. The van der Waals surface area contributed by atoms with Crippen LogP contribution in [0.2, 0.25) is 0 Å². The van der Waals surface area contributed by atoms with Crippen molar-refractivity contribution in [3.8, 4) is 5.75 Å². The number of benzene rings is 3. The van der Waals surface area contributed by atoms with E-state index in [-0.39, 0.29) is 22.7 Å². The van der Waals surface area contributed by atoms with Gasteiger partial charge in [-0.05, 0) is 49.4 Å². The number of ether oxygens (including phenoxy) is 1. The molecule has 0 aliphatic rings. The average molecular weight is 463 g/mol. The van der Waals surface area contributed by atoms with E-state index in [0.717, 1.165) is 5.56 Å². The van der Waals surface area contributed by atoms with Crippen molar-refractivity contribution in [2.45, 2.75) is 23.3 Å². The summed E-state index contributed by atoms with van der Waals surface area (Å²) in [5.41, 5.74) is 1.45. The van der Waals surface area contributed by atoms with E-state index in [1.807, 2.05) is 19.1 Å². The van der Waals surface area contributed by atoms with Gasteiger partial charge in [-0.3, -0.25) is 9.59 Å². The van der Waals surface area contributed by atoms with Crippen LogP contribution in [-0.2, 0) is 21.2 Å². The topological polar surface area (TPSA) is 94.5 Å². The van der Waals surface area contributed by atoms with Gasteiger partial charge in [-0.2, -0.15) is 0 Å². The van der Waals surface area contributed by atoms with Crippen LogP contribution in [0, 0.1) is 6.92 Å². The maximum absolute atomic E-state index is 13.3. The van der Waals surface area contributed by atoms with Crippen LogP contribution in [0.4, 0.5) is 5.69 Å². The van der Waals surface area contributed by atoms with E-state index >= 15 is 0 Å². The molecule has 8 heteroatoms. The molecule has 0 aliphatic heterocycles. The lowest BCUT2D eigenvalue weighted by Gasteiger charge is -2.15. The van der Waals surface area contributed by atoms with Gasteiger partial charge in [0.05, 0.1) is 22.9 Å². The fourth-order valence-corrected chi connectivity index (χ4v) is 4.91. The second kappa shape index (κ2) is 8.91. The summed E-state index contributed by atoms with van der Waals surface area (Å²) in [4.78, 5) is 25.6. The molecule has 1 aromatic heterocycles. The minimum absolute atomic E-state index is 0.00000280. The van der Waals surface area contributed by atoms with Gasteiger partial charge in [-0.15, -0.1) is 0 Å². The SMILES string of the molecule is COc1ccc2c(c1)c(=O)c(S(=O)(=O)c1ccccc1)cn2CC(=O)Nc1ccc(C)cc1. The Morgan fingerprint density at radius 1 is 1.00 bits per heavy atom. The highest BCUT2D eigenvalue weighted by molar-refractivity contribution is 7.91. The summed E-state index contributed by atoms with van der Waals surface area (Å²) < 4.78 is 33.2. The molecule has 3 aromatic carbocycles. The van der Waals surface area contributed by atoms with Gasteiger partial charge >= 0.3 is 0 Å². The molecule has 33 heavy (non-hydrogen) atoms. The summed E-state index contributed by atoms with van der Waals surface area (Å²) in [6.07, 6.45) is 1.23. The van der Waals surface area contributed by atoms with Crippen molar-refractivity contribution in [3.63, 3.8) is 0 Å². The van der Waals surface area contributed by atoms with E-state index in [1.54, 1.807) is 42.5 Å². The van der Waals surface area contributed by atoms with E-state index in [1.165, 1.54) is 36.1 Å². The zero-order valence-corrected chi connectivity index (χ0v) is 18.9. The predicted molar refractivity (Wildman–Crippen MR) is 126 cm³/mol. The van der Waals surface area contributed by atoms with Gasteiger partial charge < -0.3 is 14.6 Å². The van der Waals surface area contributed by atoms with Crippen LogP contribution in [0.1, 0.15) is 5.56 Å². The molecule has 0 unspecified atom stereocenters. The van der Waals surface area contributed by atoms with E-state index in [9.17, 15) is 18.0 Å². The summed E-state index contributed by atoms with van der Waals surface area (Å²) in [5, 5.41) is 2.95. The molecule has 0 saturated carbocycles. The molecule has 1 N–H and O–H groups in total. The molecule has 4 rings (SSSR count). The summed E-state index contributed by atoms with van der Waals surface area (Å²) in [6, 6.07) is 19.8. The van der Waals surface area contributed by atoms with Gasteiger partial charge in [0.2, 0.25) is 21.2 Å². The second-order valence-electron chi connectivity index (χ2n) is 7.56. The van der Waals surface area contributed by atoms with Gasteiger partial charge in [0.25, 0.3) is 0 Å². The smallest absolute Gasteiger partial charge is 0.244 e. The number of fused-ring (bicyclic) bond motifs is 1. The molecule has 168 valence electrons. The number of hydrogen-bond donors (Lipinski definition) is 1. The molecule has 0 bridgehead atoms. The van der Waals surface area contributed by atoms with Crippen molar-refractivity contribution in [1.82, 2.24) is 4.57 Å². The van der Waals surface area contributed by atoms with Crippen LogP contribution in [0.15, 0.2) is 93.6 Å². The second-order valence-corrected chi connectivity index (χ2v) is 9.48. The highest BCUT2D eigenvalue weighted by Gasteiger charge is 2.24. The number of aromatic nitrogens is 1. The van der Waals surface area contributed by atoms with Crippen molar-refractivity contribution in [1.29, 1.82) is 0 Å². The number of aryl methyl sites for hydroxylation is 1. The molecular weight excluding hydrogens is 440 g/mol. The molecule has 0 atom stereocenters. The lowest BCUT2D eigenvalue weighted by Crippen LogP contribution is -2.24. The van der Waals surface area contributed by atoms with Crippen molar-refractivity contribution >= 4 is 32.3 Å². The van der Waals surface area contributed by atoms with Crippen LogP contribution < -0.4 is 15.5 Å². The summed E-state index contributed by atoms with van der Waals surface area (Å²) in [6.45, 7) is 1.76. The highest BCUT2D eigenvalue weighted by atomic mass is 32.2. The fourth-order valence-electron chi connectivity index (χ4n) is 3.52. The van der Waals surface area contributed by atoms with Gasteiger partial charge in [-0.25, -0.2) is 8.42 Å². The third-order valence-electron chi connectivity index (χ3n) is 5.25. The number of methoxy groups -OCH3 is 1. The molecule has 0 saturated heterocycles. The van der Waals surface area contributed by atoms with Crippen LogP contribution in [0.3, 0.4) is 0 Å². The minimum Gasteiger partial charge on any atom is -0.497 e. The maximum atomic E-state index is 13.3. The first-order valence-corrected chi connectivity index (χ1v) is 11.7. The number of carbonyl (C=O) groups is 1.